The summed E-state index contributed by atoms with van der Waals surface area (Å²) < 4.78 is 0. The van der Waals surface area contributed by atoms with E-state index in [1.807, 2.05) is 6.07 Å². The Morgan fingerprint density at radius 3 is 1.41 bits per heavy atom. The smallest absolute Gasteiger partial charge is 0.160 e. The minimum absolute atomic E-state index is 0.467. The lowest BCUT2D eigenvalue weighted by molar-refractivity contribution is 0.768. The molecule has 350 valence electrons. The molecule has 0 aliphatic heterocycles. The van der Waals surface area contributed by atoms with Gasteiger partial charge in [-0.25, -0.2) is 9.97 Å². The van der Waals surface area contributed by atoms with Crippen molar-refractivity contribution < 1.29 is 0 Å². The lowest BCUT2D eigenvalue weighted by atomic mass is 9.67. The van der Waals surface area contributed by atoms with Gasteiger partial charge in [-0.3, -0.25) is 0 Å². The van der Waals surface area contributed by atoms with Gasteiger partial charge in [0.1, 0.15) is 0 Å². The molecule has 2 heteroatoms. The molecule has 0 N–H and O–H groups in total. The molecule has 1 aromatic heterocycles. The van der Waals surface area contributed by atoms with Gasteiger partial charge in [0.25, 0.3) is 0 Å². The summed E-state index contributed by atoms with van der Waals surface area (Å²) >= 11 is 0. The fourth-order valence-corrected chi connectivity index (χ4v) is 11.8. The number of aromatic nitrogens is 2. The molecular weight excluding hydrogens is 905 g/mol. The van der Waals surface area contributed by atoms with Crippen LogP contribution in [0.4, 0.5) is 0 Å². The zero-order chi connectivity index (χ0) is 49.7. The number of rotatable bonds is 9. The Morgan fingerprint density at radius 1 is 0.227 bits per heavy atom. The molecule has 12 aromatic carbocycles. The van der Waals surface area contributed by atoms with Crippen LogP contribution in [0.25, 0.3) is 111 Å². The van der Waals surface area contributed by atoms with Crippen molar-refractivity contribution in [3.8, 4) is 89.5 Å². The van der Waals surface area contributed by atoms with Gasteiger partial charge in [0.2, 0.25) is 0 Å². The van der Waals surface area contributed by atoms with Crippen LogP contribution in [-0.2, 0) is 5.41 Å². The van der Waals surface area contributed by atoms with Crippen LogP contribution in [0.3, 0.4) is 0 Å². The van der Waals surface area contributed by atoms with E-state index < -0.39 is 5.41 Å². The van der Waals surface area contributed by atoms with Crippen molar-refractivity contribution >= 4 is 21.5 Å². The third kappa shape index (κ3) is 7.66. The Labute approximate surface area is 437 Å². The molecule has 0 atom stereocenters. The molecule has 2 nitrogen and oxygen atoms in total. The summed E-state index contributed by atoms with van der Waals surface area (Å²) in [7, 11) is 0. The zero-order valence-electron chi connectivity index (χ0n) is 41.1. The first-order chi connectivity index (χ1) is 37.2. The second-order valence-corrected chi connectivity index (χ2v) is 19.6. The maximum absolute atomic E-state index is 5.33. The number of benzene rings is 12. The average Bonchev–Trinajstić information content (AvgIpc) is 3.85. The number of nitrogens with zero attached hydrogens (tertiary/aromatic N) is 2. The lowest BCUT2D eigenvalue weighted by Gasteiger charge is -2.33. The molecule has 0 amide bonds. The van der Waals surface area contributed by atoms with Gasteiger partial charge in [-0.15, -0.1) is 0 Å². The van der Waals surface area contributed by atoms with Crippen LogP contribution in [0.1, 0.15) is 22.3 Å². The van der Waals surface area contributed by atoms with Crippen molar-refractivity contribution in [2.75, 3.05) is 0 Å². The summed E-state index contributed by atoms with van der Waals surface area (Å²) in [5, 5.41) is 4.73. The lowest BCUT2D eigenvalue weighted by Crippen LogP contribution is -2.28. The highest BCUT2D eigenvalue weighted by atomic mass is 14.9. The van der Waals surface area contributed by atoms with Gasteiger partial charge < -0.3 is 0 Å². The Balaban J connectivity index is 0.941. The molecule has 13 aromatic rings. The van der Waals surface area contributed by atoms with E-state index in [2.05, 4.69) is 285 Å². The molecule has 1 heterocycles. The van der Waals surface area contributed by atoms with Crippen molar-refractivity contribution in [1.29, 1.82) is 0 Å². The minimum atomic E-state index is -0.467. The summed E-state index contributed by atoms with van der Waals surface area (Å²) in [6, 6.07) is 106. The van der Waals surface area contributed by atoms with Crippen molar-refractivity contribution in [3.05, 3.63) is 313 Å². The van der Waals surface area contributed by atoms with E-state index in [9.17, 15) is 0 Å². The fourth-order valence-electron chi connectivity index (χ4n) is 11.8. The third-order valence-electron chi connectivity index (χ3n) is 15.4. The molecule has 0 saturated carbocycles. The second kappa shape index (κ2) is 18.4. The van der Waals surface area contributed by atoms with Crippen LogP contribution >= 0.6 is 0 Å². The molecule has 0 fully saturated rings. The SMILES string of the molecule is c1ccc(-c2ccc(-c3cc(-c4ccc(-c5cc(-c6ccc7c(c6)-c6ccccc6C7(c6ccccc6)c6ccccc6)cc(-c6ccc7ccccc7c6)c5)c5ccccc45)nc(-c4ccccc4)n3)cc2)cc1. The average molecular weight is 953 g/mol. The summed E-state index contributed by atoms with van der Waals surface area (Å²) in [5.74, 6) is 0.692. The monoisotopic (exact) mass is 952 g/mol. The standard InChI is InChI=1S/C73H48N2/c1-5-19-49(20-6-1)51-33-36-52(37-34-51)70-48-71(75-72(74-70)53-22-7-2-8-23-53)66-41-40-62(63-29-15-16-30-64(63)66)59-45-57(55-38-35-50-21-13-14-24-54(50)43-55)44-58(46-59)56-39-42-69-67(47-56)65-31-17-18-32-68(65)73(69,60-25-9-3-10-26-60)61-27-11-4-12-28-61/h1-48H. The van der Waals surface area contributed by atoms with E-state index in [1.165, 1.54) is 66.4 Å². The Hall–Kier alpha value is -9.76. The first kappa shape index (κ1) is 44.0. The van der Waals surface area contributed by atoms with E-state index in [1.54, 1.807) is 0 Å². The summed E-state index contributed by atoms with van der Waals surface area (Å²) in [4.78, 5) is 10.5. The number of hydrogen-bond donors (Lipinski definition) is 0. The van der Waals surface area contributed by atoms with Gasteiger partial charge >= 0.3 is 0 Å². The second-order valence-electron chi connectivity index (χ2n) is 19.6. The summed E-state index contributed by atoms with van der Waals surface area (Å²) in [6.07, 6.45) is 0. The summed E-state index contributed by atoms with van der Waals surface area (Å²) in [5.41, 5.74) is 21.3. The van der Waals surface area contributed by atoms with E-state index in [0.717, 1.165) is 61.1 Å². The maximum atomic E-state index is 5.33. The fraction of sp³-hybridized carbons (Fsp3) is 0.0137. The first-order valence-corrected chi connectivity index (χ1v) is 25.8. The number of fused-ring (bicyclic) bond motifs is 5. The van der Waals surface area contributed by atoms with Crippen LogP contribution in [0.15, 0.2) is 291 Å². The highest BCUT2D eigenvalue weighted by Crippen LogP contribution is 2.57. The zero-order valence-corrected chi connectivity index (χ0v) is 41.1. The predicted octanol–water partition coefficient (Wildman–Crippen LogP) is 18.8. The molecule has 1 aliphatic carbocycles. The molecule has 0 saturated heterocycles. The van der Waals surface area contributed by atoms with E-state index >= 15 is 0 Å². The van der Waals surface area contributed by atoms with Crippen molar-refractivity contribution in [2.24, 2.45) is 0 Å². The van der Waals surface area contributed by atoms with Gasteiger partial charge in [0.15, 0.2) is 5.82 Å². The first-order valence-electron chi connectivity index (χ1n) is 25.8. The van der Waals surface area contributed by atoms with Gasteiger partial charge in [0, 0.05) is 16.7 Å². The van der Waals surface area contributed by atoms with Gasteiger partial charge in [-0.1, -0.05) is 255 Å². The quantitative estimate of drug-likeness (QED) is 0.144. The van der Waals surface area contributed by atoms with Gasteiger partial charge in [0.05, 0.1) is 16.8 Å². The molecule has 1 aliphatic rings. The highest BCUT2D eigenvalue weighted by molar-refractivity contribution is 6.06. The van der Waals surface area contributed by atoms with Gasteiger partial charge in [-0.05, 0) is 136 Å². The molecule has 0 bridgehead atoms. The molecule has 14 rings (SSSR count). The van der Waals surface area contributed by atoms with Crippen LogP contribution in [0.5, 0.6) is 0 Å². The maximum Gasteiger partial charge on any atom is 0.160 e. The van der Waals surface area contributed by atoms with E-state index in [4.69, 9.17) is 9.97 Å². The molecule has 0 radical (unpaired) electrons. The normalized spacial score (nSPS) is 12.4. The largest absolute Gasteiger partial charge is 0.228 e. The molecule has 0 spiro atoms. The van der Waals surface area contributed by atoms with Gasteiger partial charge in [-0.2, -0.15) is 0 Å². The Kier molecular flexibility index (Phi) is 10.8. The van der Waals surface area contributed by atoms with Crippen molar-refractivity contribution in [2.45, 2.75) is 5.41 Å². The van der Waals surface area contributed by atoms with E-state index in [0.29, 0.717) is 5.82 Å². The van der Waals surface area contributed by atoms with Crippen LogP contribution in [-0.4, -0.2) is 9.97 Å². The topological polar surface area (TPSA) is 25.8 Å². The van der Waals surface area contributed by atoms with E-state index in [-0.39, 0.29) is 0 Å². The number of hydrogen-bond acceptors (Lipinski definition) is 2. The van der Waals surface area contributed by atoms with Crippen LogP contribution in [0.2, 0.25) is 0 Å². The molecule has 75 heavy (non-hydrogen) atoms. The highest BCUT2D eigenvalue weighted by Gasteiger charge is 2.46. The van der Waals surface area contributed by atoms with Crippen molar-refractivity contribution in [3.63, 3.8) is 0 Å². The van der Waals surface area contributed by atoms with Crippen molar-refractivity contribution in [1.82, 2.24) is 9.97 Å². The predicted molar refractivity (Wildman–Crippen MR) is 312 cm³/mol. The summed E-state index contributed by atoms with van der Waals surface area (Å²) in [6.45, 7) is 0. The van der Waals surface area contributed by atoms with Crippen LogP contribution < -0.4 is 0 Å². The van der Waals surface area contributed by atoms with Crippen LogP contribution in [0, 0.1) is 0 Å². The molecule has 0 unspecified atom stereocenters. The molecular formula is C73H48N2. The Bertz CT molecular complexity index is 4220. The Morgan fingerprint density at radius 2 is 0.707 bits per heavy atom. The minimum Gasteiger partial charge on any atom is -0.228 e. The third-order valence-corrected chi connectivity index (χ3v) is 15.4.